The molecule has 1 rings (SSSR count). The topological polar surface area (TPSA) is 23.8 Å². The summed E-state index contributed by atoms with van der Waals surface area (Å²) in [4.78, 5) is 0. The molecular formula is C12H17N. The van der Waals surface area contributed by atoms with E-state index in [9.17, 15) is 0 Å². The first kappa shape index (κ1) is 11.7. The van der Waals surface area contributed by atoms with Crippen molar-refractivity contribution in [1.82, 2.24) is 0 Å². The third-order valence-electron chi connectivity index (χ3n) is 2.02. The Morgan fingerprint density at radius 2 is 1.92 bits per heavy atom. The van der Waals surface area contributed by atoms with Gasteiger partial charge in [-0.3, -0.25) is 0 Å². The molecule has 0 saturated carbocycles. The first-order valence-corrected chi connectivity index (χ1v) is 4.04. The second-order valence-electron chi connectivity index (χ2n) is 3.61. The van der Waals surface area contributed by atoms with Crippen LogP contribution in [0.3, 0.4) is 0 Å². The molecule has 0 aromatic heterocycles. The zero-order valence-corrected chi connectivity index (χ0v) is 7.76. The summed E-state index contributed by atoms with van der Waals surface area (Å²) in [7, 11) is 0. The maximum Gasteiger partial charge on any atom is 0.0766 e. The fourth-order valence-electron chi connectivity index (χ4n) is 1.10. The van der Waals surface area contributed by atoms with E-state index < -0.39 is 0 Å². The van der Waals surface area contributed by atoms with Crippen molar-refractivity contribution in [3.05, 3.63) is 35.4 Å². The van der Waals surface area contributed by atoms with Crippen LogP contribution >= 0.6 is 0 Å². The third kappa shape index (κ3) is 2.59. The maximum atomic E-state index is 8.89. The van der Waals surface area contributed by atoms with Gasteiger partial charge in [0.05, 0.1) is 11.5 Å². The van der Waals surface area contributed by atoms with Crippen LogP contribution < -0.4 is 0 Å². The van der Waals surface area contributed by atoms with E-state index in [0.717, 1.165) is 5.56 Å². The average molecular weight is 175 g/mol. The van der Waals surface area contributed by atoms with Gasteiger partial charge in [0, 0.05) is 0 Å². The fourth-order valence-corrected chi connectivity index (χ4v) is 1.10. The van der Waals surface area contributed by atoms with Gasteiger partial charge in [-0.1, -0.05) is 37.3 Å². The Balaban J connectivity index is 0.00000144. The third-order valence-corrected chi connectivity index (χ3v) is 2.02. The smallest absolute Gasteiger partial charge is 0.0766 e. The molecule has 1 nitrogen and oxygen atoms in total. The molecule has 70 valence electrons. The van der Waals surface area contributed by atoms with Gasteiger partial charge in [0.1, 0.15) is 0 Å². The Morgan fingerprint density at radius 1 is 1.31 bits per heavy atom. The van der Waals surface area contributed by atoms with Gasteiger partial charge in [-0.25, -0.2) is 0 Å². The van der Waals surface area contributed by atoms with Crippen molar-refractivity contribution in [3.63, 3.8) is 0 Å². The van der Waals surface area contributed by atoms with Crippen LogP contribution in [0.15, 0.2) is 24.3 Å². The van der Waals surface area contributed by atoms with Crippen molar-refractivity contribution in [2.24, 2.45) is 0 Å². The number of nitriles is 1. The Bertz CT molecular complexity index is 318. The molecule has 1 aromatic rings. The molecule has 0 fully saturated rings. The molecular weight excluding hydrogens is 158 g/mol. The van der Waals surface area contributed by atoms with E-state index in [2.05, 4.69) is 12.1 Å². The first-order valence-electron chi connectivity index (χ1n) is 4.04. The van der Waals surface area contributed by atoms with Gasteiger partial charge in [0.25, 0.3) is 0 Å². The fraction of sp³-hybridized carbons (Fsp3) is 0.417. The Labute approximate surface area is 81.0 Å². The van der Waals surface area contributed by atoms with Gasteiger partial charge in [-0.2, -0.15) is 5.26 Å². The second-order valence-corrected chi connectivity index (χ2v) is 3.61. The zero-order valence-electron chi connectivity index (χ0n) is 7.76. The number of rotatable bonds is 1. The highest BCUT2D eigenvalue weighted by Crippen LogP contribution is 2.22. The monoisotopic (exact) mass is 175 g/mol. The van der Waals surface area contributed by atoms with Crippen LogP contribution in [-0.2, 0) is 5.41 Å². The molecule has 0 unspecified atom stereocenters. The standard InChI is InChI=1S/C11H13N.CH4/c1-9-5-4-6-10(7-9)11(2,3)8-12;/h4-7H,1-3H3;1H4. The van der Waals surface area contributed by atoms with Gasteiger partial charge in [0.15, 0.2) is 0 Å². The maximum absolute atomic E-state index is 8.89. The molecule has 1 aromatic carbocycles. The summed E-state index contributed by atoms with van der Waals surface area (Å²) in [6.07, 6.45) is 0. The van der Waals surface area contributed by atoms with Crippen molar-refractivity contribution in [1.29, 1.82) is 5.26 Å². The van der Waals surface area contributed by atoms with E-state index in [1.54, 1.807) is 0 Å². The van der Waals surface area contributed by atoms with Crippen LogP contribution in [0, 0.1) is 18.3 Å². The lowest BCUT2D eigenvalue weighted by atomic mass is 9.86. The lowest BCUT2D eigenvalue weighted by molar-refractivity contribution is 0.686. The number of aryl methyl sites for hydroxylation is 1. The van der Waals surface area contributed by atoms with Gasteiger partial charge in [0.2, 0.25) is 0 Å². The molecule has 0 bridgehead atoms. The molecule has 0 aliphatic rings. The lowest BCUT2D eigenvalue weighted by Crippen LogP contribution is -2.13. The Morgan fingerprint density at radius 3 is 2.38 bits per heavy atom. The summed E-state index contributed by atoms with van der Waals surface area (Å²) in [6.45, 7) is 5.90. The van der Waals surface area contributed by atoms with Crippen LogP contribution in [-0.4, -0.2) is 0 Å². The molecule has 0 amide bonds. The van der Waals surface area contributed by atoms with Gasteiger partial charge in [-0.15, -0.1) is 0 Å². The summed E-state index contributed by atoms with van der Waals surface area (Å²) in [5.74, 6) is 0. The number of nitrogens with zero attached hydrogens (tertiary/aromatic N) is 1. The van der Waals surface area contributed by atoms with Crippen LogP contribution in [0.25, 0.3) is 0 Å². The number of benzene rings is 1. The van der Waals surface area contributed by atoms with Crippen molar-refractivity contribution in [2.45, 2.75) is 33.6 Å². The van der Waals surface area contributed by atoms with Crippen molar-refractivity contribution in [3.8, 4) is 6.07 Å². The van der Waals surface area contributed by atoms with E-state index in [0.29, 0.717) is 0 Å². The molecule has 0 saturated heterocycles. The predicted molar refractivity (Wildman–Crippen MR) is 56.5 cm³/mol. The molecule has 0 heterocycles. The van der Waals surface area contributed by atoms with Gasteiger partial charge >= 0.3 is 0 Å². The molecule has 1 heteroatoms. The highest BCUT2D eigenvalue weighted by molar-refractivity contribution is 5.32. The van der Waals surface area contributed by atoms with Crippen LogP contribution in [0.2, 0.25) is 0 Å². The van der Waals surface area contributed by atoms with Gasteiger partial charge < -0.3 is 0 Å². The van der Waals surface area contributed by atoms with Crippen LogP contribution in [0.5, 0.6) is 0 Å². The number of hydrogen-bond donors (Lipinski definition) is 0. The largest absolute Gasteiger partial charge is 0.197 e. The quantitative estimate of drug-likeness (QED) is 0.641. The Kier molecular flexibility index (Phi) is 3.69. The second kappa shape index (κ2) is 4.09. The van der Waals surface area contributed by atoms with Crippen LogP contribution in [0.4, 0.5) is 0 Å². The minimum absolute atomic E-state index is 0. The summed E-state index contributed by atoms with van der Waals surface area (Å²) >= 11 is 0. The van der Waals surface area contributed by atoms with E-state index in [1.807, 2.05) is 39.0 Å². The van der Waals surface area contributed by atoms with E-state index in [4.69, 9.17) is 5.26 Å². The van der Waals surface area contributed by atoms with Crippen molar-refractivity contribution < 1.29 is 0 Å². The Hall–Kier alpha value is -1.29. The first-order chi connectivity index (χ1) is 5.56. The normalized spacial score (nSPS) is 10.0. The molecule has 0 aliphatic heterocycles. The van der Waals surface area contributed by atoms with E-state index in [1.165, 1.54) is 5.56 Å². The molecule has 0 aliphatic carbocycles. The summed E-state index contributed by atoms with van der Waals surface area (Å²) in [5.41, 5.74) is 1.92. The van der Waals surface area contributed by atoms with E-state index in [-0.39, 0.29) is 12.8 Å². The zero-order chi connectivity index (χ0) is 9.19. The minimum atomic E-state index is -0.369. The van der Waals surface area contributed by atoms with E-state index >= 15 is 0 Å². The number of hydrogen-bond acceptors (Lipinski definition) is 1. The molecule has 13 heavy (non-hydrogen) atoms. The molecule has 0 N–H and O–H groups in total. The predicted octanol–water partition coefficient (Wildman–Crippen LogP) is 3.43. The van der Waals surface area contributed by atoms with Crippen molar-refractivity contribution in [2.75, 3.05) is 0 Å². The summed E-state index contributed by atoms with van der Waals surface area (Å²) in [5, 5.41) is 8.89. The average Bonchev–Trinajstić information content (AvgIpc) is 2.05. The minimum Gasteiger partial charge on any atom is -0.197 e. The molecule has 0 spiro atoms. The molecule has 0 radical (unpaired) electrons. The lowest BCUT2D eigenvalue weighted by Gasteiger charge is -2.15. The van der Waals surface area contributed by atoms with Gasteiger partial charge in [-0.05, 0) is 26.3 Å². The highest BCUT2D eigenvalue weighted by Gasteiger charge is 2.18. The van der Waals surface area contributed by atoms with Crippen LogP contribution in [0.1, 0.15) is 32.4 Å². The SMILES string of the molecule is C.Cc1cccc(C(C)(C)C#N)c1. The highest BCUT2D eigenvalue weighted by atomic mass is 14.3. The summed E-state index contributed by atoms with van der Waals surface area (Å²) in [6, 6.07) is 10.4. The van der Waals surface area contributed by atoms with Crippen molar-refractivity contribution >= 4 is 0 Å². The molecule has 0 atom stereocenters. The summed E-state index contributed by atoms with van der Waals surface area (Å²) < 4.78 is 0.